The number of hydrogen-bond acceptors (Lipinski definition) is 4. The minimum atomic E-state index is -0.242. The number of carbonyl (C=O) groups is 1. The Kier molecular flexibility index (Phi) is 2.60. The van der Waals surface area contributed by atoms with Crippen LogP contribution in [0.15, 0.2) is 29.8 Å². The number of fused-ring (bicyclic) bond motifs is 3. The van der Waals surface area contributed by atoms with E-state index in [9.17, 15) is 4.79 Å². The zero-order chi connectivity index (χ0) is 15.5. The van der Waals surface area contributed by atoms with Crippen molar-refractivity contribution in [2.75, 3.05) is 0 Å². The van der Waals surface area contributed by atoms with Crippen LogP contribution in [-0.2, 0) is 4.79 Å². The van der Waals surface area contributed by atoms with E-state index in [2.05, 4.69) is 36.0 Å². The first-order valence-corrected chi connectivity index (χ1v) is 7.79. The molecule has 2 aliphatic carbocycles. The summed E-state index contributed by atoms with van der Waals surface area (Å²) in [5, 5.41) is 8.36. The van der Waals surface area contributed by atoms with E-state index >= 15 is 0 Å². The van der Waals surface area contributed by atoms with Gasteiger partial charge < -0.3 is 0 Å². The molecule has 2 aromatic rings. The van der Waals surface area contributed by atoms with E-state index in [1.165, 1.54) is 0 Å². The molecule has 0 amide bonds. The molecule has 112 valence electrons. The Labute approximate surface area is 129 Å². The Hall–Kier alpha value is -2.10. The molecule has 4 nitrogen and oxygen atoms in total. The molecule has 1 aromatic heterocycles. The molecular formula is C18H19N3O. The largest absolute Gasteiger partial charge is 0.294 e. The normalized spacial score (nSPS) is 31.3. The van der Waals surface area contributed by atoms with Gasteiger partial charge in [0.2, 0.25) is 0 Å². The minimum Gasteiger partial charge on any atom is -0.294 e. The Bertz CT molecular complexity index is 824. The first-order chi connectivity index (χ1) is 10.4. The fraction of sp³-hybridized carbons (Fsp3) is 0.444. The van der Waals surface area contributed by atoms with Gasteiger partial charge in [-0.2, -0.15) is 0 Å². The van der Waals surface area contributed by atoms with E-state index in [0.717, 1.165) is 29.4 Å². The molecule has 0 aliphatic heterocycles. The highest BCUT2D eigenvalue weighted by Crippen LogP contribution is 2.65. The molecule has 1 aromatic carbocycles. The lowest BCUT2D eigenvalue weighted by Gasteiger charge is -2.31. The summed E-state index contributed by atoms with van der Waals surface area (Å²) in [6.45, 7) is 6.53. The fourth-order valence-electron chi connectivity index (χ4n) is 4.19. The van der Waals surface area contributed by atoms with Crippen LogP contribution in [0.2, 0.25) is 0 Å². The van der Waals surface area contributed by atoms with Crippen molar-refractivity contribution >= 4 is 22.9 Å². The number of aromatic nitrogens is 3. The van der Waals surface area contributed by atoms with Gasteiger partial charge in [0.15, 0.2) is 11.6 Å². The highest BCUT2D eigenvalue weighted by molar-refractivity contribution is 6.07. The number of benzene rings is 1. The Morgan fingerprint density at radius 2 is 1.86 bits per heavy atom. The molecule has 1 heterocycles. The first-order valence-electron chi connectivity index (χ1n) is 7.79. The molecule has 4 rings (SSSR count). The maximum absolute atomic E-state index is 12.8. The Morgan fingerprint density at radius 3 is 2.55 bits per heavy atom. The highest BCUT2D eigenvalue weighted by atomic mass is 16.1. The van der Waals surface area contributed by atoms with Gasteiger partial charge in [0.05, 0.1) is 5.52 Å². The molecule has 22 heavy (non-hydrogen) atoms. The predicted molar refractivity (Wildman–Crippen MR) is 84.9 cm³/mol. The molecule has 2 saturated carbocycles. The number of para-hydroxylation sites is 1. The molecule has 0 radical (unpaired) electrons. The van der Waals surface area contributed by atoms with Crippen LogP contribution in [-0.4, -0.2) is 21.0 Å². The monoisotopic (exact) mass is 293 g/mol. The van der Waals surface area contributed by atoms with Crippen LogP contribution in [0.4, 0.5) is 0 Å². The number of nitrogens with zero attached hydrogens (tertiary/aromatic N) is 3. The second kappa shape index (κ2) is 4.22. The minimum absolute atomic E-state index is 0.0141. The van der Waals surface area contributed by atoms with Gasteiger partial charge in [0, 0.05) is 11.0 Å². The van der Waals surface area contributed by atoms with E-state index in [1.54, 1.807) is 0 Å². The zero-order valence-corrected chi connectivity index (χ0v) is 13.1. The Morgan fingerprint density at radius 1 is 1.14 bits per heavy atom. The van der Waals surface area contributed by atoms with Gasteiger partial charge >= 0.3 is 0 Å². The summed E-state index contributed by atoms with van der Waals surface area (Å²) < 4.78 is 0. The van der Waals surface area contributed by atoms with Crippen molar-refractivity contribution in [3.8, 4) is 0 Å². The van der Waals surface area contributed by atoms with Gasteiger partial charge in [-0.15, -0.1) is 10.2 Å². The van der Waals surface area contributed by atoms with Gasteiger partial charge in [0.1, 0.15) is 5.52 Å². The van der Waals surface area contributed by atoms with Crippen LogP contribution < -0.4 is 0 Å². The van der Waals surface area contributed by atoms with Crippen LogP contribution in [0.3, 0.4) is 0 Å². The lowest BCUT2D eigenvalue weighted by molar-refractivity contribution is -0.125. The summed E-state index contributed by atoms with van der Waals surface area (Å²) in [6.07, 6.45) is 3.92. The molecule has 2 atom stereocenters. The molecule has 0 unspecified atom stereocenters. The SMILES string of the molecule is CC1(C)[C@H]2CC[C@@]1(C)C(=O)C2=Cc1nnc2ccccc2n1. The van der Waals surface area contributed by atoms with E-state index in [1.807, 2.05) is 30.3 Å². The average Bonchev–Trinajstić information content (AvgIpc) is 2.81. The van der Waals surface area contributed by atoms with E-state index < -0.39 is 0 Å². The summed E-state index contributed by atoms with van der Waals surface area (Å²) in [7, 11) is 0. The Balaban J connectivity index is 1.81. The summed E-state index contributed by atoms with van der Waals surface area (Å²) >= 11 is 0. The van der Waals surface area contributed by atoms with Crippen LogP contribution in [0.25, 0.3) is 17.1 Å². The van der Waals surface area contributed by atoms with E-state index in [-0.39, 0.29) is 16.6 Å². The molecule has 2 fully saturated rings. The standard InChI is InChI=1S/C18H19N3O/c1-17(2)12-8-9-18(17,3)16(22)11(12)10-15-19-13-6-4-5-7-14(13)20-21-15/h4-7,10,12H,8-9H2,1-3H3/t12-,18-/m0/s1. The van der Waals surface area contributed by atoms with E-state index in [0.29, 0.717) is 11.7 Å². The zero-order valence-electron chi connectivity index (χ0n) is 13.1. The van der Waals surface area contributed by atoms with Crippen molar-refractivity contribution in [1.82, 2.24) is 15.2 Å². The summed E-state index contributed by atoms with van der Waals surface area (Å²) in [4.78, 5) is 17.4. The number of ketones is 1. The number of carbonyl (C=O) groups excluding carboxylic acids is 1. The third kappa shape index (κ3) is 1.58. The van der Waals surface area contributed by atoms with E-state index in [4.69, 9.17) is 0 Å². The van der Waals surface area contributed by atoms with Crippen LogP contribution >= 0.6 is 0 Å². The van der Waals surface area contributed by atoms with Crippen molar-refractivity contribution < 1.29 is 4.79 Å². The topological polar surface area (TPSA) is 55.7 Å². The maximum atomic E-state index is 12.8. The maximum Gasteiger partial charge on any atom is 0.175 e. The first kappa shape index (κ1) is 13.6. The summed E-state index contributed by atoms with van der Waals surface area (Å²) in [5.41, 5.74) is 2.24. The van der Waals surface area contributed by atoms with Crippen LogP contribution in [0.5, 0.6) is 0 Å². The second-order valence-corrected chi connectivity index (χ2v) is 7.23. The molecule has 0 N–H and O–H groups in total. The number of hydrogen-bond donors (Lipinski definition) is 0. The summed E-state index contributed by atoms with van der Waals surface area (Å²) in [5.74, 6) is 1.11. The van der Waals surface area contributed by atoms with Crippen molar-refractivity contribution in [2.45, 2.75) is 33.6 Å². The third-order valence-electron chi connectivity index (χ3n) is 6.03. The average molecular weight is 293 g/mol. The second-order valence-electron chi connectivity index (χ2n) is 7.23. The number of rotatable bonds is 1. The van der Waals surface area contributed by atoms with Crippen LogP contribution in [0.1, 0.15) is 39.4 Å². The van der Waals surface area contributed by atoms with Crippen LogP contribution in [0, 0.1) is 16.7 Å². The fourth-order valence-corrected chi connectivity index (χ4v) is 4.19. The van der Waals surface area contributed by atoms with Gasteiger partial charge in [-0.25, -0.2) is 4.98 Å². The third-order valence-corrected chi connectivity index (χ3v) is 6.03. The van der Waals surface area contributed by atoms with Crippen molar-refractivity contribution in [3.05, 3.63) is 35.7 Å². The van der Waals surface area contributed by atoms with Gasteiger partial charge in [0.25, 0.3) is 0 Å². The highest BCUT2D eigenvalue weighted by Gasteiger charge is 2.63. The summed E-state index contributed by atoms with van der Waals surface area (Å²) in [6, 6.07) is 7.65. The van der Waals surface area contributed by atoms with Crippen molar-refractivity contribution in [3.63, 3.8) is 0 Å². The van der Waals surface area contributed by atoms with Crippen molar-refractivity contribution in [2.24, 2.45) is 16.7 Å². The predicted octanol–water partition coefficient (Wildman–Crippen LogP) is 3.43. The lowest BCUT2D eigenvalue weighted by Crippen LogP contribution is -2.32. The van der Waals surface area contributed by atoms with Gasteiger partial charge in [-0.05, 0) is 42.4 Å². The molecular weight excluding hydrogens is 274 g/mol. The quantitative estimate of drug-likeness (QED) is 0.756. The van der Waals surface area contributed by atoms with Crippen molar-refractivity contribution in [1.29, 1.82) is 0 Å². The lowest BCUT2D eigenvalue weighted by atomic mass is 9.70. The molecule has 2 aliphatic rings. The van der Waals surface area contributed by atoms with Gasteiger partial charge in [-0.3, -0.25) is 4.79 Å². The molecule has 4 heteroatoms. The number of Topliss-reactive ketones (excluding diaryl/α,β-unsaturated/α-hetero) is 1. The smallest absolute Gasteiger partial charge is 0.175 e. The number of allylic oxidation sites excluding steroid dienone is 1. The molecule has 2 bridgehead atoms. The molecule has 0 saturated heterocycles. The van der Waals surface area contributed by atoms with Gasteiger partial charge in [-0.1, -0.05) is 32.9 Å². The molecule has 0 spiro atoms.